The molecule has 0 bridgehead atoms. The molecule has 0 unspecified atom stereocenters. The van der Waals surface area contributed by atoms with Crippen LogP contribution in [0.4, 0.5) is 5.69 Å². The molecule has 0 aromatic heterocycles. The summed E-state index contributed by atoms with van der Waals surface area (Å²) in [4.78, 5) is 2.40. The normalized spacial score (nSPS) is 17.9. The maximum absolute atomic E-state index is 5.85. The zero-order valence-corrected chi connectivity index (χ0v) is 8.93. The predicted molar refractivity (Wildman–Crippen MR) is 61.2 cm³/mol. The summed E-state index contributed by atoms with van der Waals surface area (Å²) in [6.45, 7) is 4.42. The Hall–Kier alpha value is -0.730. The van der Waals surface area contributed by atoms with Gasteiger partial charge in [-0.15, -0.1) is 0 Å². The first-order valence-corrected chi connectivity index (χ1v) is 5.45. The van der Waals surface area contributed by atoms with Crippen LogP contribution in [0.15, 0.2) is 24.3 Å². The molecule has 1 fully saturated rings. The molecule has 1 aromatic carbocycles. The molecule has 76 valence electrons. The van der Waals surface area contributed by atoms with Gasteiger partial charge in [-0.1, -0.05) is 11.6 Å². The van der Waals surface area contributed by atoms with E-state index in [1.807, 2.05) is 12.1 Å². The second kappa shape index (κ2) is 4.67. The molecule has 1 aliphatic heterocycles. The monoisotopic (exact) mass is 210 g/mol. The summed E-state index contributed by atoms with van der Waals surface area (Å²) in [5.41, 5.74) is 1.28. The average molecular weight is 211 g/mol. The minimum absolute atomic E-state index is 0.807. The van der Waals surface area contributed by atoms with Gasteiger partial charge in [-0.05, 0) is 37.2 Å². The van der Waals surface area contributed by atoms with E-state index in [4.69, 9.17) is 11.6 Å². The van der Waals surface area contributed by atoms with Gasteiger partial charge in [0.1, 0.15) is 0 Å². The predicted octanol–water partition coefficient (Wildman–Crippen LogP) is 2.14. The molecular weight excluding hydrogens is 196 g/mol. The van der Waals surface area contributed by atoms with Crippen LogP contribution in [-0.2, 0) is 0 Å². The average Bonchev–Trinajstić information content (AvgIpc) is 2.47. The number of benzene rings is 1. The number of nitrogens with one attached hydrogen (secondary N) is 1. The lowest BCUT2D eigenvalue weighted by Crippen LogP contribution is -2.27. The highest BCUT2D eigenvalue weighted by Crippen LogP contribution is 2.18. The van der Waals surface area contributed by atoms with Crippen molar-refractivity contribution < 1.29 is 0 Å². The lowest BCUT2D eigenvalue weighted by atomic mass is 10.2. The molecule has 0 amide bonds. The zero-order chi connectivity index (χ0) is 9.80. The van der Waals surface area contributed by atoms with Gasteiger partial charge in [0.15, 0.2) is 0 Å². The second-order valence-electron chi connectivity index (χ2n) is 3.57. The lowest BCUT2D eigenvalue weighted by molar-refractivity contribution is 0.724. The minimum atomic E-state index is 0.807. The largest absolute Gasteiger partial charge is 0.370 e. The highest BCUT2D eigenvalue weighted by atomic mass is 35.5. The van der Waals surface area contributed by atoms with E-state index in [0.717, 1.165) is 31.2 Å². The Morgan fingerprint density at radius 2 is 1.86 bits per heavy atom. The molecule has 1 heterocycles. The quantitative estimate of drug-likeness (QED) is 0.764. The third-order valence-corrected chi connectivity index (χ3v) is 2.78. The van der Waals surface area contributed by atoms with Gasteiger partial charge in [0.25, 0.3) is 0 Å². The third kappa shape index (κ3) is 2.40. The number of anilines is 1. The van der Waals surface area contributed by atoms with Crippen molar-refractivity contribution in [1.82, 2.24) is 5.32 Å². The standard InChI is InChI=1S/C11H15ClN2/c12-10-2-4-11(5-3-10)14-8-1-6-13-7-9-14/h2-5,13H,1,6-9H2. The highest BCUT2D eigenvalue weighted by Gasteiger charge is 2.08. The van der Waals surface area contributed by atoms with E-state index < -0.39 is 0 Å². The highest BCUT2D eigenvalue weighted by molar-refractivity contribution is 6.30. The SMILES string of the molecule is Clc1ccc(N2CCCNCC2)cc1. The number of nitrogens with zero attached hydrogens (tertiary/aromatic N) is 1. The first-order valence-electron chi connectivity index (χ1n) is 5.07. The minimum Gasteiger partial charge on any atom is -0.370 e. The number of rotatable bonds is 1. The summed E-state index contributed by atoms with van der Waals surface area (Å²) in [5, 5.41) is 4.20. The molecule has 0 spiro atoms. The molecule has 1 saturated heterocycles. The molecule has 1 aliphatic rings. The van der Waals surface area contributed by atoms with Crippen molar-refractivity contribution in [2.75, 3.05) is 31.1 Å². The number of hydrogen-bond donors (Lipinski definition) is 1. The van der Waals surface area contributed by atoms with Crippen molar-refractivity contribution >= 4 is 17.3 Å². The van der Waals surface area contributed by atoms with E-state index in [2.05, 4.69) is 22.3 Å². The van der Waals surface area contributed by atoms with Crippen molar-refractivity contribution in [3.63, 3.8) is 0 Å². The molecule has 1 N–H and O–H groups in total. The smallest absolute Gasteiger partial charge is 0.0407 e. The van der Waals surface area contributed by atoms with E-state index >= 15 is 0 Å². The summed E-state index contributed by atoms with van der Waals surface area (Å²) < 4.78 is 0. The van der Waals surface area contributed by atoms with Gasteiger partial charge in [0, 0.05) is 30.3 Å². The van der Waals surface area contributed by atoms with Crippen LogP contribution in [0, 0.1) is 0 Å². The van der Waals surface area contributed by atoms with E-state index in [1.54, 1.807) is 0 Å². The molecule has 3 heteroatoms. The number of hydrogen-bond acceptors (Lipinski definition) is 2. The van der Waals surface area contributed by atoms with Crippen molar-refractivity contribution in [3.05, 3.63) is 29.3 Å². The molecular formula is C11H15ClN2. The number of halogens is 1. The molecule has 2 nitrogen and oxygen atoms in total. The summed E-state index contributed by atoms with van der Waals surface area (Å²) in [6, 6.07) is 8.09. The second-order valence-corrected chi connectivity index (χ2v) is 4.00. The summed E-state index contributed by atoms with van der Waals surface area (Å²) in [7, 11) is 0. The van der Waals surface area contributed by atoms with Gasteiger partial charge in [-0.3, -0.25) is 0 Å². The molecule has 0 saturated carbocycles. The Labute approximate surface area is 89.9 Å². The molecule has 0 aliphatic carbocycles. The maximum Gasteiger partial charge on any atom is 0.0407 e. The van der Waals surface area contributed by atoms with Crippen molar-refractivity contribution in [1.29, 1.82) is 0 Å². The van der Waals surface area contributed by atoms with Crippen LogP contribution in [-0.4, -0.2) is 26.2 Å². The van der Waals surface area contributed by atoms with Crippen LogP contribution in [0.3, 0.4) is 0 Å². The van der Waals surface area contributed by atoms with Gasteiger partial charge in [0.05, 0.1) is 0 Å². The molecule has 14 heavy (non-hydrogen) atoms. The van der Waals surface area contributed by atoms with Crippen LogP contribution in [0.25, 0.3) is 0 Å². The summed E-state index contributed by atoms with van der Waals surface area (Å²) in [5.74, 6) is 0. The Morgan fingerprint density at radius 1 is 1.07 bits per heavy atom. The summed E-state index contributed by atoms with van der Waals surface area (Å²) in [6.07, 6.45) is 1.21. The van der Waals surface area contributed by atoms with Gasteiger partial charge >= 0.3 is 0 Å². The van der Waals surface area contributed by atoms with Crippen LogP contribution >= 0.6 is 11.6 Å². The van der Waals surface area contributed by atoms with E-state index in [9.17, 15) is 0 Å². The fraction of sp³-hybridized carbons (Fsp3) is 0.455. The van der Waals surface area contributed by atoms with Crippen LogP contribution in [0.2, 0.25) is 5.02 Å². The van der Waals surface area contributed by atoms with Gasteiger partial charge in [-0.2, -0.15) is 0 Å². The molecule has 0 radical (unpaired) electrons. The fourth-order valence-electron chi connectivity index (χ4n) is 1.76. The Balaban J connectivity index is 2.08. The molecule has 1 aromatic rings. The molecule has 2 rings (SSSR count). The topological polar surface area (TPSA) is 15.3 Å². The molecule has 0 atom stereocenters. The van der Waals surface area contributed by atoms with Crippen LogP contribution in [0.1, 0.15) is 6.42 Å². The lowest BCUT2D eigenvalue weighted by Gasteiger charge is -2.22. The Morgan fingerprint density at radius 3 is 2.64 bits per heavy atom. The van der Waals surface area contributed by atoms with Crippen molar-refractivity contribution in [3.8, 4) is 0 Å². The van der Waals surface area contributed by atoms with Gasteiger partial charge < -0.3 is 10.2 Å². The zero-order valence-electron chi connectivity index (χ0n) is 8.17. The van der Waals surface area contributed by atoms with Gasteiger partial charge in [-0.25, -0.2) is 0 Å². The Kier molecular flexibility index (Phi) is 3.27. The van der Waals surface area contributed by atoms with Crippen molar-refractivity contribution in [2.45, 2.75) is 6.42 Å². The van der Waals surface area contributed by atoms with E-state index in [1.165, 1.54) is 12.1 Å². The third-order valence-electron chi connectivity index (χ3n) is 2.53. The van der Waals surface area contributed by atoms with Crippen molar-refractivity contribution in [2.24, 2.45) is 0 Å². The summed E-state index contributed by atoms with van der Waals surface area (Å²) >= 11 is 5.85. The fourth-order valence-corrected chi connectivity index (χ4v) is 1.88. The van der Waals surface area contributed by atoms with Gasteiger partial charge in [0.2, 0.25) is 0 Å². The van der Waals surface area contributed by atoms with E-state index in [-0.39, 0.29) is 0 Å². The van der Waals surface area contributed by atoms with E-state index in [0.29, 0.717) is 0 Å². The maximum atomic E-state index is 5.85. The van der Waals surface area contributed by atoms with Crippen LogP contribution in [0.5, 0.6) is 0 Å². The first-order chi connectivity index (χ1) is 6.86. The first kappa shape index (κ1) is 9.81. The van der Waals surface area contributed by atoms with Crippen LogP contribution < -0.4 is 10.2 Å². The Bertz CT molecular complexity index is 276.